The van der Waals surface area contributed by atoms with Gasteiger partial charge < -0.3 is 4.74 Å². The van der Waals surface area contributed by atoms with Gasteiger partial charge in [-0.1, -0.05) is 35.9 Å². The second-order valence-electron chi connectivity index (χ2n) is 6.26. The molecule has 0 unspecified atom stereocenters. The summed E-state index contributed by atoms with van der Waals surface area (Å²) in [4.78, 5) is 37.2. The molecule has 0 atom stereocenters. The van der Waals surface area contributed by atoms with E-state index in [1.165, 1.54) is 17.5 Å². The maximum Gasteiger partial charge on any atom is 0.340 e. The topological polar surface area (TPSA) is 94.1 Å². The van der Waals surface area contributed by atoms with Gasteiger partial charge in [-0.05, 0) is 19.1 Å². The first-order valence-electron chi connectivity index (χ1n) is 8.79. The lowest BCUT2D eigenvalue weighted by Gasteiger charge is -2.06. The predicted molar refractivity (Wildman–Crippen MR) is 111 cm³/mol. The van der Waals surface area contributed by atoms with E-state index in [-0.39, 0.29) is 5.56 Å². The van der Waals surface area contributed by atoms with E-state index in [2.05, 4.69) is 20.3 Å². The maximum absolute atomic E-state index is 12.3. The Labute approximate surface area is 170 Å². The number of esters is 1. The lowest BCUT2D eigenvalue weighted by atomic mass is 10.1. The Hall–Kier alpha value is -3.65. The Balaban J connectivity index is 1.38. The number of aromatic nitrogens is 3. The molecule has 7 nitrogen and oxygen atoms in total. The van der Waals surface area contributed by atoms with Crippen molar-refractivity contribution in [3.05, 3.63) is 71.4 Å². The molecule has 0 aliphatic rings. The molecule has 0 bridgehead atoms. The van der Waals surface area contributed by atoms with Crippen LogP contribution in [0.4, 0.5) is 5.13 Å². The largest absolute Gasteiger partial charge is 0.452 e. The second kappa shape index (κ2) is 8.15. The number of hydrogen-bond donors (Lipinski definition) is 1. The van der Waals surface area contributed by atoms with Gasteiger partial charge >= 0.3 is 5.97 Å². The summed E-state index contributed by atoms with van der Waals surface area (Å²) >= 11 is 1.31. The Morgan fingerprint density at radius 1 is 1.07 bits per heavy atom. The lowest BCUT2D eigenvalue weighted by Crippen LogP contribution is -2.21. The average Bonchev–Trinajstić information content (AvgIpc) is 3.20. The Kier molecular flexibility index (Phi) is 5.26. The molecule has 4 rings (SSSR count). The van der Waals surface area contributed by atoms with Crippen molar-refractivity contribution in [2.24, 2.45) is 0 Å². The minimum atomic E-state index is -0.634. The Morgan fingerprint density at radius 3 is 2.69 bits per heavy atom. The number of nitrogens with one attached hydrogen (secondary N) is 1. The quantitative estimate of drug-likeness (QED) is 0.508. The van der Waals surface area contributed by atoms with Crippen LogP contribution in [0.3, 0.4) is 0 Å². The highest BCUT2D eigenvalue weighted by atomic mass is 32.1. The molecule has 0 aliphatic carbocycles. The number of anilines is 1. The van der Waals surface area contributed by atoms with E-state index >= 15 is 0 Å². The third-order valence-corrected chi connectivity index (χ3v) is 4.91. The van der Waals surface area contributed by atoms with E-state index < -0.39 is 18.5 Å². The number of nitrogens with zero attached hydrogens (tertiary/aromatic N) is 3. The standard InChI is InChI=1S/C21H16N4O3S/c1-13-5-7-14(8-6-13)17-12-29-21(24-17)25-18(26)11-28-20(27)15-3-2-4-16-19(15)23-10-9-22-16/h2-10,12H,11H2,1H3,(H,24,25,26). The van der Waals surface area contributed by atoms with Crippen LogP contribution in [0.25, 0.3) is 22.3 Å². The van der Waals surface area contributed by atoms with E-state index in [4.69, 9.17) is 4.74 Å². The minimum absolute atomic E-state index is 0.263. The molecule has 2 heterocycles. The normalized spacial score (nSPS) is 10.7. The summed E-state index contributed by atoms with van der Waals surface area (Å²) in [7, 11) is 0. The summed E-state index contributed by atoms with van der Waals surface area (Å²) in [6, 6.07) is 13.0. The highest BCUT2D eigenvalue weighted by Gasteiger charge is 2.15. The summed E-state index contributed by atoms with van der Waals surface area (Å²) in [5, 5.41) is 4.96. The van der Waals surface area contributed by atoms with Gasteiger partial charge in [0.1, 0.15) is 5.52 Å². The van der Waals surface area contributed by atoms with Crippen LogP contribution in [-0.4, -0.2) is 33.4 Å². The average molecular weight is 404 g/mol. The number of fused-ring (bicyclic) bond motifs is 1. The summed E-state index contributed by atoms with van der Waals surface area (Å²) in [5.74, 6) is -1.10. The third-order valence-electron chi connectivity index (χ3n) is 4.15. The van der Waals surface area contributed by atoms with E-state index in [0.29, 0.717) is 16.2 Å². The van der Waals surface area contributed by atoms with Crippen LogP contribution in [0.5, 0.6) is 0 Å². The van der Waals surface area contributed by atoms with Crippen LogP contribution in [0.2, 0.25) is 0 Å². The smallest absolute Gasteiger partial charge is 0.340 e. The molecule has 1 N–H and O–H groups in total. The van der Waals surface area contributed by atoms with Gasteiger partial charge in [0.15, 0.2) is 11.7 Å². The molecule has 1 amide bonds. The molecule has 0 aliphatic heterocycles. The zero-order valence-corrected chi connectivity index (χ0v) is 16.3. The summed E-state index contributed by atoms with van der Waals surface area (Å²) in [6.07, 6.45) is 3.05. The number of benzene rings is 2. The van der Waals surface area contributed by atoms with Gasteiger partial charge in [-0.3, -0.25) is 20.1 Å². The number of rotatable bonds is 5. The van der Waals surface area contributed by atoms with Gasteiger partial charge in [0, 0.05) is 23.3 Å². The monoisotopic (exact) mass is 404 g/mol. The summed E-state index contributed by atoms with van der Waals surface area (Å²) < 4.78 is 5.13. The van der Waals surface area contributed by atoms with Crippen molar-refractivity contribution in [2.75, 3.05) is 11.9 Å². The molecular formula is C21H16N4O3S. The van der Waals surface area contributed by atoms with E-state index in [1.807, 2.05) is 36.6 Å². The van der Waals surface area contributed by atoms with Crippen molar-refractivity contribution in [1.82, 2.24) is 15.0 Å². The van der Waals surface area contributed by atoms with Gasteiger partial charge in [-0.2, -0.15) is 0 Å². The number of thiazole rings is 1. The molecule has 0 saturated carbocycles. The molecule has 2 aromatic carbocycles. The van der Waals surface area contributed by atoms with Crippen molar-refractivity contribution in [2.45, 2.75) is 6.92 Å². The van der Waals surface area contributed by atoms with Gasteiger partial charge in [-0.15, -0.1) is 11.3 Å². The molecule has 0 saturated heterocycles. The number of amides is 1. The fourth-order valence-corrected chi connectivity index (χ4v) is 3.45. The number of hydrogen-bond acceptors (Lipinski definition) is 7. The fraction of sp³-hybridized carbons (Fsp3) is 0.0952. The number of aryl methyl sites for hydroxylation is 1. The first-order valence-corrected chi connectivity index (χ1v) is 9.67. The van der Waals surface area contributed by atoms with Crippen molar-refractivity contribution in [1.29, 1.82) is 0 Å². The lowest BCUT2D eigenvalue weighted by molar-refractivity contribution is -0.119. The first kappa shape index (κ1) is 18.7. The van der Waals surface area contributed by atoms with Gasteiger partial charge in [0.25, 0.3) is 5.91 Å². The van der Waals surface area contributed by atoms with Gasteiger partial charge in [0.2, 0.25) is 0 Å². The van der Waals surface area contributed by atoms with Gasteiger partial charge in [0.05, 0.1) is 16.8 Å². The zero-order chi connectivity index (χ0) is 20.2. The van der Waals surface area contributed by atoms with Crippen molar-refractivity contribution >= 4 is 39.4 Å². The number of para-hydroxylation sites is 1. The molecule has 4 aromatic rings. The molecule has 0 radical (unpaired) electrons. The second-order valence-corrected chi connectivity index (χ2v) is 7.12. The molecule has 2 aromatic heterocycles. The van der Waals surface area contributed by atoms with Crippen LogP contribution >= 0.6 is 11.3 Å². The number of carbonyl (C=O) groups is 2. The molecular weight excluding hydrogens is 388 g/mol. The summed E-state index contributed by atoms with van der Waals surface area (Å²) in [5.41, 5.74) is 4.18. The summed E-state index contributed by atoms with van der Waals surface area (Å²) in [6.45, 7) is 1.59. The number of carbonyl (C=O) groups excluding carboxylic acids is 2. The zero-order valence-electron chi connectivity index (χ0n) is 15.5. The van der Waals surface area contributed by atoms with E-state index in [9.17, 15) is 9.59 Å². The third kappa shape index (κ3) is 4.27. The van der Waals surface area contributed by atoms with Gasteiger partial charge in [-0.25, -0.2) is 9.78 Å². The van der Waals surface area contributed by atoms with Crippen molar-refractivity contribution < 1.29 is 14.3 Å². The molecule has 29 heavy (non-hydrogen) atoms. The van der Waals surface area contributed by atoms with Crippen LogP contribution in [-0.2, 0) is 9.53 Å². The first-order chi connectivity index (χ1) is 14.1. The SMILES string of the molecule is Cc1ccc(-c2csc(NC(=O)COC(=O)c3cccc4nccnc34)n2)cc1. The van der Waals surface area contributed by atoms with Crippen molar-refractivity contribution in [3.8, 4) is 11.3 Å². The van der Waals surface area contributed by atoms with Crippen LogP contribution in [0, 0.1) is 6.92 Å². The van der Waals surface area contributed by atoms with Crippen LogP contribution in [0.15, 0.2) is 60.2 Å². The fourth-order valence-electron chi connectivity index (χ4n) is 2.71. The minimum Gasteiger partial charge on any atom is -0.452 e. The molecule has 144 valence electrons. The van der Waals surface area contributed by atoms with Crippen LogP contribution < -0.4 is 5.32 Å². The van der Waals surface area contributed by atoms with Crippen LogP contribution in [0.1, 0.15) is 15.9 Å². The molecule has 8 heteroatoms. The highest BCUT2D eigenvalue weighted by molar-refractivity contribution is 7.14. The Bertz CT molecular complexity index is 1180. The molecule has 0 spiro atoms. The van der Waals surface area contributed by atoms with E-state index in [0.717, 1.165) is 16.8 Å². The predicted octanol–water partition coefficient (Wildman–Crippen LogP) is 3.86. The maximum atomic E-state index is 12.3. The Morgan fingerprint density at radius 2 is 1.86 bits per heavy atom. The van der Waals surface area contributed by atoms with E-state index in [1.54, 1.807) is 24.4 Å². The highest BCUT2D eigenvalue weighted by Crippen LogP contribution is 2.25. The number of ether oxygens (including phenoxy) is 1. The van der Waals surface area contributed by atoms with Crippen molar-refractivity contribution in [3.63, 3.8) is 0 Å². The molecule has 0 fully saturated rings.